The quantitative estimate of drug-likeness (QED) is 0.539. The first-order chi connectivity index (χ1) is 14.8. The molecule has 0 N–H and O–H groups in total. The SMILES string of the molecule is CC(C)(C)OC(=O)N1CCc2nc3nc(c2C1)OS(=O)(=O)c1ccc(cc1)C3.FC(F)F. The van der Waals surface area contributed by atoms with Crippen molar-refractivity contribution in [2.45, 2.75) is 57.3 Å². The van der Waals surface area contributed by atoms with Gasteiger partial charge in [0.1, 0.15) is 16.3 Å². The Balaban J connectivity index is 0.000000668. The second kappa shape index (κ2) is 8.93. The van der Waals surface area contributed by atoms with E-state index in [-0.39, 0.29) is 17.3 Å². The summed E-state index contributed by atoms with van der Waals surface area (Å²) < 4.78 is 65.1. The van der Waals surface area contributed by atoms with Crippen LogP contribution >= 0.6 is 0 Å². The molecule has 0 atom stereocenters. The average Bonchev–Trinajstić information content (AvgIpc) is 2.66. The van der Waals surface area contributed by atoms with Crippen LogP contribution in [-0.2, 0) is 34.2 Å². The van der Waals surface area contributed by atoms with Crippen molar-refractivity contribution in [3.05, 3.63) is 46.9 Å². The van der Waals surface area contributed by atoms with Gasteiger partial charge in [0.15, 0.2) is 0 Å². The molecule has 0 saturated heterocycles. The number of nitrogens with zero attached hydrogens (tertiary/aromatic N) is 3. The first-order valence-corrected chi connectivity index (χ1v) is 11.1. The lowest BCUT2D eigenvalue weighted by Crippen LogP contribution is -2.40. The molecule has 2 aromatic rings. The number of alkyl halides is 3. The minimum absolute atomic E-state index is 0.0179. The number of rotatable bonds is 0. The van der Waals surface area contributed by atoms with Crippen LogP contribution in [0.1, 0.15) is 43.4 Å². The van der Waals surface area contributed by atoms with Gasteiger partial charge >= 0.3 is 22.9 Å². The third-order valence-corrected chi connectivity index (χ3v) is 5.71. The van der Waals surface area contributed by atoms with Crippen LogP contribution in [0.5, 0.6) is 5.88 Å². The molecule has 174 valence electrons. The second-order valence-electron chi connectivity index (χ2n) is 8.13. The maximum atomic E-state index is 12.6. The molecule has 1 aromatic heterocycles. The van der Waals surface area contributed by atoms with E-state index in [1.165, 1.54) is 17.0 Å². The van der Waals surface area contributed by atoms with Crippen molar-refractivity contribution >= 4 is 16.2 Å². The van der Waals surface area contributed by atoms with E-state index in [0.717, 1.165) is 5.56 Å². The van der Waals surface area contributed by atoms with E-state index in [1.54, 1.807) is 32.9 Å². The number of aromatic nitrogens is 2. The van der Waals surface area contributed by atoms with Crippen molar-refractivity contribution in [1.29, 1.82) is 0 Å². The molecule has 32 heavy (non-hydrogen) atoms. The lowest BCUT2D eigenvalue weighted by molar-refractivity contribution is 0.00812. The number of halogens is 3. The van der Waals surface area contributed by atoms with Crippen LogP contribution in [0.4, 0.5) is 18.0 Å². The van der Waals surface area contributed by atoms with Crippen molar-refractivity contribution in [3.8, 4) is 5.88 Å². The van der Waals surface area contributed by atoms with Crippen LogP contribution in [-0.4, -0.2) is 48.2 Å². The molecular weight excluding hydrogens is 451 g/mol. The molecule has 0 spiro atoms. The third kappa shape index (κ3) is 5.87. The number of benzene rings is 1. The maximum absolute atomic E-state index is 12.6. The van der Waals surface area contributed by atoms with Crippen LogP contribution < -0.4 is 4.18 Å². The minimum Gasteiger partial charge on any atom is -0.444 e. The molecule has 0 unspecified atom stereocenters. The summed E-state index contributed by atoms with van der Waals surface area (Å²) in [7, 11) is -4.03. The third-order valence-electron chi connectivity index (χ3n) is 4.48. The van der Waals surface area contributed by atoms with E-state index in [2.05, 4.69) is 9.97 Å². The topological polar surface area (TPSA) is 98.7 Å². The molecule has 1 amide bonds. The first kappa shape index (κ1) is 23.8. The van der Waals surface area contributed by atoms with Crippen molar-refractivity contribution in [2.24, 2.45) is 0 Å². The zero-order valence-corrected chi connectivity index (χ0v) is 18.5. The van der Waals surface area contributed by atoms with Crippen LogP contribution in [0.25, 0.3) is 0 Å². The van der Waals surface area contributed by atoms with Gasteiger partial charge < -0.3 is 13.8 Å². The minimum atomic E-state index is -4.03. The molecule has 0 saturated carbocycles. The molecule has 0 fully saturated rings. The molecule has 5 rings (SSSR count). The summed E-state index contributed by atoms with van der Waals surface area (Å²) >= 11 is 0. The van der Waals surface area contributed by atoms with Gasteiger partial charge in [0.25, 0.3) is 0 Å². The normalized spacial score (nSPS) is 16.4. The predicted molar refractivity (Wildman–Crippen MR) is 107 cm³/mol. The summed E-state index contributed by atoms with van der Waals surface area (Å²) in [6.45, 7) is 2.28. The van der Waals surface area contributed by atoms with Gasteiger partial charge in [0, 0.05) is 19.4 Å². The van der Waals surface area contributed by atoms with E-state index >= 15 is 0 Å². The summed E-state index contributed by atoms with van der Waals surface area (Å²) in [5, 5.41) is 0. The van der Waals surface area contributed by atoms with E-state index in [9.17, 15) is 26.4 Å². The van der Waals surface area contributed by atoms with Gasteiger partial charge in [0.05, 0.1) is 17.8 Å². The molecule has 3 aliphatic rings. The fraction of sp³-hybridized carbons (Fsp3) is 0.450. The van der Waals surface area contributed by atoms with Crippen molar-refractivity contribution < 1.29 is 35.3 Å². The monoisotopic (exact) mass is 473 g/mol. The van der Waals surface area contributed by atoms with Gasteiger partial charge in [-0.3, -0.25) is 0 Å². The van der Waals surface area contributed by atoms with Crippen molar-refractivity contribution in [2.75, 3.05) is 6.54 Å². The fourth-order valence-electron chi connectivity index (χ4n) is 3.17. The number of hydrogen-bond acceptors (Lipinski definition) is 7. The van der Waals surface area contributed by atoms with Crippen LogP contribution in [0.15, 0.2) is 29.2 Å². The van der Waals surface area contributed by atoms with Crippen molar-refractivity contribution in [3.63, 3.8) is 0 Å². The van der Waals surface area contributed by atoms with Crippen LogP contribution in [0, 0.1) is 0 Å². The molecular formula is C20H22F3N3O5S. The Morgan fingerprint density at radius 2 is 1.78 bits per heavy atom. The molecule has 12 heteroatoms. The average molecular weight is 473 g/mol. The van der Waals surface area contributed by atoms with Gasteiger partial charge in [-0.2, -0.15) is 26.6 Å². The second-order valence-corrected chi connectivity index (χ2v) is 9.67. The highest BCUT2D eigenvalue weighted by atomic mass is 32.2. The van der Waals surface area contributed by atoms with E-state index in [4.69, 9.17) is 8.92 Å². The molecule has 1 aromatic carbocycles. The fourth-order valence-corrected chi connectivity index (χ4v) is 4.08. The summed E-state index contributed by atoms with van der Waals surface area (Å²) in [6.07, 6.45) is 0.477. The number of hydrogen-bond donors (Lipinski definition) is 0. The Kier molecular flexibility index (Phi) is 6.63. The summed E-state index contributed by atoms with van der Waals surface area (Å²) in [5.41, 5.74) is 1.49. The smallest absolute Gasteiger partial charge is 0.410 e. The highest BCUT2D eigenvalue weighted by Gasteiger charge is 2.31. The van der Waals surface area contributed by atoms with Gasteiger partial charge in [-0.1, -0.05) is 12.1 Å². The molecule has 8 nitrogen and oxygen atoms in total. The van der Waals surface area contributed by atoms with E-state index in [1.807, 2.05) is 0 Å². The zero-order chi connectivity index (χ0) is 23.7. The summed E-state index contributed by atoms with van der Waals surface area (Å²) in [6, 6.07) is 6.48. The molecule has 4 heterocycles. The Morgan fingerprint density at radius 1 is 1.16 bits per heavy atom. The number of carbonyl (C=O) groups is 1. The van der Waals surface area contributed by atoms with E-state index < -0.39 is 28.5 Å². The Morgan fingerprint density at radius 3 is 2.38 bits per heavy atom. The molecule has 4 bridgehead atoms. The van der Waals surface area contributed by atoms with Gasteiger partial charge in [-0.15, -0.1) is 0 Å². The summed E-state index contributed by atoms with van der Waals surface area (Å²) in [4.78, 5) is 22.9. The number of carbonyl (C=O) groups excluding carboxylic acids is 1. The van der Waals surface area contributed by atoms with Crippen LogP contribution in [0.3, 0.4) is 0 Å². The van der Waals surface area contributed by atoms with Gasteiger partial charge in [-0.05, 0) is 38.5 Å². The van der Waals surface area contributed by atoms with Crippen molar-refractivity contribution in [1.82, 2.24) is 14.9 Å². The lowest BCUT2D eigenvalue weighted by Gasteiger charge is -2.31. The number of fused-ring (bicyclic) bond motifs is 4. The number of ether oxygens (including phenoxy) is 1. The zero-order valence-electron chi connectivity index (χ0n) is 17.6. The van der Waals surface area contributed by atoms with Gasteiger partial charge in [0.2, 0.25) is 5.88 Å². The summed E-state index contributed by atoms with van der Waals surface area (Å²) in [5.74, 6) is 0.472. The Hall–Kier alpha value is -2.89. The molecule has 3 aliphatic heterocycles. The maximum Gasteiger partial charge on any atom is 0.410 e. The Bertz CT molecular complexity index is 1100. The lowest BCUT2D eigenvalue weighted by atomic mass is 10.1. The highest BCUT2D eigenvalue weighted by molar-refractivity contribution is 7.87. The highest BCUT2D eigenvalue weighted by Crippen LogP contribution is 2.30. The van der Waals surface area contributed by atoms with Gasteiger partial charge in [-0.25, -0.2) is 9.78 Å². The van der Waals surface area contributed by atoms with E-state index in [0.29, 0.717) is 36.5 Å². The Labute approximate surface area is 183 Å². The number of amides is 1. The predicted octanol–water partition coefficient (Wildman–Crippen LogP) is 3.62. The largest absolute Gasteiger partial charge is 0.444 e. The molecule has 0 aliphatic carbocycles. The standard InChI is InChI=1S/C19H21N3O5S.CHF3/c1-19(2,3)26-18(23)22-9-8-15-14(11-22)17-21-16(20-15)10-12-4-6-13(7-5-12)28(24,25)27-17;2-1(3)4/h4-7H,8-11H2,1-3H3;1H. The first-order valence-electron chi connectivity index (χ1n) is 9.66. The van der Waals surface area contributed by atoms with Crippen LogP contribution in [0.2, 0.25) is 0 Å². The molecule has 0 radical (unpaired) electrons.